The maximum atomic E-state index is 9.45. The Kier molecular flexibility index (Phi) is 3.38. The molecule has 0 bridgehead atoms. The van der Waals surface area contributed by atoms with Gasteiger partial charge in [-0.1, -0.05) is 19.1 Å². The highest BCUT2D eigenvalue weighted by Crippen LogP contribution is 2.23. The lowest BCUT2D eigenvalue weighted by Crippen LogP contribution is -1.83. The lowest BCUT2D eigenvalue weighted by Gasteiger charge is -2.02. The number of benzene rings is 1. The topological polar surface area (TPSA) is 29.5 Å². The minimum Gasteiger partial charge on any atom is -0.507 e. The van der Waals surface area contributed by atoms with Gasteiger partial charge in [0.1, 0.15) is 11.5 Å². The minimum atomic E-state index is 0.283. The standard InChI is InChI=1S/C11H14O2/c1-3-4-5-9-8-10(13-2)6-7-11(9)12/h4-8,12H,3H2,1-2H3/b5-4-. The van der Waals surface area contributed by atoms with Gasteiger partial charge in [-0.2, -0.15) is 0 Å². The maximum Gasteiger partial charge on any atom is 0.123 e. The van der Waals surface area contributed by atoms with Gasteiger partial charge in [0.05, 0.1) is 7.11 Å². The normalized spacial score (nSPS) is 10.6. The van der Waals surface area contributed by atoms with Crippen LogP contribution in [-0.4, -0.2) is 12.2 Å². The van der Waals surface area contributed by atoms with E-state index in [1.165, 1.54) is 0 Å². The zero-order chi connectivity index (χ0) is 9.68. The third-order valence-corrected chi connectivity index (χ3v) is 1.77. The first-order valence-corrected chi connectivity index (χ1v) is 4.31. The first-order valence-electron chi connectivity index (χ1n) is 4.31. The summed E-state index contributed by atoms with van der Waals surface area (Å²) in [5, 5.41) is 9.45. The van der Waals surface area contributed by atoms with Gasteiger partial charge < -0.3 is 9.84 Å². The zero-order valence-electron chi connectivity index (χ0n) is 7.95. The second-order valence-corrected chi connectivity index (χ2v) is 2.74. The van der Waals surface area contributed by atoms with Crippen LogP contribution in [0.1, 0.15) is 18.9 Å². The van der Waals surface area contributed by atoms with Crippen LogP contribution in [0.2, 0.25) is 0 Å². The molecule has 0 fully saturated rings. The quantitative estimate of drug-likeness (QED) is 0.771. The van der Waals surface area contributed by atoms with Crippen molar-refractivity contribution in [2.45, 2.75) is 13.3 Å². The summed E-state index contributed by atoms with van der Waals surface area (Å²) in [6.45, 7) is 2.05. The zero-order valence-corrected chi connectivity index (χ0v) is 7.95. The minimum absolute atomic E-state index is 0.283. The first-order chi connectivity index (χ1) is 6.27. The average Bonchev–Trinajstić information content (AvgIpc) is 2.17. The summed E-state index contributed by atoms with van der Waals surface area (Å²) in [6.07, 6.45) is 4.84. The van der Waals surface area contributed by atoms with E-state index in [9.17, 15) is 5.11 Å². The molecule has 1 aromatic carbocycles. The van der Waals surface area contributed by atoms with E-state index in [4.69, 9.17) is 4.74 Å². The van der Waals surface area contributed by atoms with Gasteiger partial charge in [0, 0.05) is 5.56 Å². The molecule has 1 rings (SSSR count). The molecule has 0 aliphatic heterocycles. The Morgan fingerprint density at radius 1 is 1.46 bits per heavy atom. The Balaban J connectivity index is 2.97. The molecule has 0 radical (unpaired) electrons. The number of ether oxygens (including phenoxy) is 1. The van der Waals surface area contributed by atoms with Crippen LogP contribution in [0, 0.1) is 0 Å². The molecule has 2 heteroatoms. The third-order valence-electron chi connectivity index (χ3n) is 1.77. The molecular weight excluding hydrogens is 164 g/mol. The summed E-state index contributed by atoms with van der Waals surface area (Å²) in [5.74, 6) is 1.04. The molecule has 2 nitrogen and oxygen atoms in total. The van der Waals surface area contributed by atoms with Crippen molar-refractivity contribution in [3.8, 4) is 11.5 Å². The number of phenols is 1. The van der Waals surface area contributed by atoms with Crippen molar-refractivity contribution in [3.05, 3.63) is 29.8 Å². The highest BCUT2D eigenvalue weighted by molar-refractivity contribution is 5.58. The second-order valence-electron chi connectivity index (χ2n) is 2.74. The largest absolute Gasteiger partial charge is 0.507 e. The molecule has 70 valence electrons. The Morgan fingerprint density at radius 2 is 2.23 bits per heavy atom. The highest BCUT2D eigenvalue weighted by atomic mass is 16.5. The molecule has 13 heavy (non-hydrogen) atoms. The van der Waals surface area contributed by atoms with Gasteiger partial charge in [-0.3, -0.25) is 0 Å². The van der Waals surface area contributed by atoms with Crippen LogP contribution in [0.5, 0.6) is 11.5 Å². The number of methoxy groups -OCH3 is 1. The predicted octanol–water partition coefficient (Wildman–Crippen LogP) is 2.82. The molecule has 1 N–H and O–H groups in total. The predicted molar refractivity (Wildman–Crippen MR) is 54.0 cm³/mol. The van der Waals surface area contributed by atoms with E-state index in [0.717, 1.165) is 17.7 Å². The van der Waals surface area contributed by atoms with Crippen LogP contribution in [-0.2, 0) is 0 Å². The monoisotopic (exact) mass is 178 g/mol. The number of phenolic OH excluding ortho intramolecular Hbond substituents is 1. The van der Waals surface area contributed by atoms with Crippen LogP contribution in [0.4, 0.5) is 0 Å². The molecule has 0 spiro atoms. The Bertz CT molecular complexity index is 303. The molecule has 0 atom stereocenters. The van der Waals surface area contributed by atoms with Crippen LogP contribution in [0.15, 0.2) is 24.3 Å². The molecular formula is C11H14O2. The van der Waals surface area contributed by atoms with Gasteiger partial charge >= 0.3 is 0 Å². The van der Waals surface area contributed by atoms with Crippen LogP contribution in [0.3, 0.4) is 0 Å². The van der Waals surface area contributed by atoms with Crippen LogP contribution >= 0.6 is 0 Å². The Morgan fingerprint density at radius 3 is 2.85 bits per heavy atom. The van der Waals surface area contributed by atoms with Crippen molar-refractivity contribution in [3.63, 3.8) is 0 Å². The van der Waals surface area contributed by atoms with Gasteiger partial charge in [0.2, 0.25) is 0 Å². The molecule has 0 unspecified atom stereocenters. The molecule has 0 saturated heterocycles. The molecule has 0 aliphatic rings. The van der Waals surface area contributed by atoms with E-state index >= 15 is 0 Å². The lowest BCUT2D eigenvalue weighted by molar-refractivity contribution is 0.412. The number of hydrogen-bond acceptors (Lipinski definition) is 2. The number of rotatable bonds is 3. The van der Waals surface area contributed by atoms with E-state index in [-0.39, 0.29) is 5.75 Å². The van der Waals surface area contributed by atoms with E-state index in [0.29, 0.717) is 0 Å². The third kappa shape index (κ3) is 2.51. The van der Waals surface area contributed by atoms with Gasteiger partial charge in [0.15, 0.2) is 0 Å². The first kappa shape index (κ1) is 9.65. The van der Waals surface area contributed by atoms with Crippen LogP contribution in [0.25, 0.3) is 6.08 Å². The molecule has 0 heterocycles. The van der Waals surface area contributed by atoms with Crippen molar-refractivity contribution < 1.29 is 9.84 Å². The highest BCUT2D eigenvalue weighted by Gasteiger charge is 1.98. The van der Waals surface area contributed by atoms with Gasteiger partial charge in [-0.05, 0) is 24.6 Å². The SMILES string of the molecule is CC/C=C\c1cc(OC)ccc1O. The second kappa shape index (κ2) is 4.55. The lowest BCUT2D eigenvalue weighted by atomic mass is 10.1. The Labute approximate surface area is 78.5 Å². The van der Waals surface area contributed by atoms with Gasteiger partial charge in [-0.15, -0.1) is 0 Å². The van der Waals surface area contributed by atoms with E-state index in [2.05, 4.69) is 0 Å². The van der Waals surface area contributed by atoms with Crippen molar-refractivity contribution >= 4 is 6.08 Å². The van der Waals surface area contributed by atoms with Crippen molar-refractivity contribution in [2.75, 3.05) is 7.11 Å². The molecule has 0 aromatic heterocycles. The number of aromatic hydroxyl groups is 1. The van der Waals surface area contributed by atoms with Crippen molar-refractivity contribution in [1.82, 2.24) is 0 Å². The number of hydrogen-bond donors (Lipinski definition) is 1. The average molecular weight is 178 g/mol. The molecule has 1 aromatic rings. The molecule has 0 saturated carbocycles. The van der Waals surface area contributed by atoms with Crippen molar-refractivity contribution in [1.29, 1.82) is 0 Å². The summed E-state index contributed by atoms with van der Waals surface area (Å²) in [7, 11) is 1.61. The van der Waals surface area contributed by atoms with E-state index in [1.807, 2.05) is 25.1 Å². The number of allylic oxidation sites excluding steroid dienone is 1. The van der Waals surface area contributed by atoms with Gasteiger partial charge in [-0.25, -0.2) is 0 Å². The van der Waals surface area contributed by atoms with Gasteiger partial charge in [0.25, 0.3) is 0 Å². The van der Waals surface area contributed by atoms with E-state index < -0.39 is 0 Å². The van der Waals surface area contributed by atoms with Crippen LogP contribution < -0.4 is 4.74 Å². The summed E-state index contributed by atoms with van der Waals surface area (Å²) >= 11 is 0. The summed E-state index contributed by atoms with van der Waals surface area (Å²) in [6, 6.07) is 5.17. The molecule has 0 aliphatic carbocycles. The summed E-state index contributed by atoms with van der Waals surface area (Å²) in [4.78, 5) is 0. The van der Waals surface area contributed by atoms with E-state index in [1.54, 1.807) is 19.2 Å². The summed E-state index contributed by atoms with van der Waals surface area (Å²) in [5.41, 5.74) is 0.793. The summed E-state index contributed by atoms with van der Waals surface area (Å²) < 4.78 is 5.04. The fourth-order valence-corrected chi connectivity index (χ4v) is 1.04. The molecule has 0 amide bonds. The fraction of sp³-hybridized carbons (Fsp3) is 0.273. The van der Waals surface area contributed by atoms with Crippen molar-refractivity contribution in [2.24, 2.45) is 0 Å². The maximum absolute atomic E-state index is 9.45. The fourth-order valence-electron chi connectivity index (χ4n) is 1.04. The smallest absolute Gasteiger partial charge is 0.123 e. The Hall–Kier alpha value is -1.44.